The zero-order valence-corrected chi connectivity index (χ0v) is 11.5. The van der Waals surface area contributed by atoms with E-state index >= 15 is 0 Å². The fourth-order valence-electron chi connectivity index (χ4n) is 1.90. The molecular formula is C16H13FN2S. The molecule has 3 aromatic rings. The van der Waals surface area contributed by atoms with Gasteiger partial charge in [0.2, 0.25) is 0 Å². The van der Waals surface area contributed by atoms with E-state index in [1.165, 1.54) is 12.1 Å². The molecule has 1 heterocycles. The third-order valence-electron chi connectivity index (χ3n) is 2.97. The highest BCUT2D eigenvalue weighted by Crippen LogP contribution is 2.23. The number of benzene rings is 2. The highest BCUT2D eigenvalue weighted by atomic mass is 32.1. The van der Waals surface area contributed by atoms with Crippen LogP contribution in [0.15, 0.2) is 60.1 Å². The molecule has 0 unspecified atom stereocenters. The Hall–Kier alpha value is -2.20. The molecule has 0 radical (unpaired) electrons. The first kappa shape index (κ1) is 12.8. The molecule has 3 rings (SSSR count). The second-order valence-corrected chi connectivity index (χ2v) is 5.29. The maximum atomic E-state index is 12.8. The van der Waals surface area contributed by atoms with Gasteiger partial charge in [0, 0.05) is 29.4 Å². The average Bonchev–Trinajstić information content (AvgIpc) is 3.01. The summed E-state index contributed by atoms with van der Waals surface area (Å²) in [5.41, 5.74) is 3.21. The number of nitrogens with zero attached hydrogens (tertiary/aromatic N) is 1. The third kappa shape index (κ3) is 3.03. The van der Waals surface area contributed by atoms with Crippen LogP contribution in [-0.4, -0.2) is 4.98 Å². The van der Waals surface area contributed by atoms with Gasteiger partial charge in [-0.3, -0.25) is 0 Å². The second-order valence-electron chi connectivity index (χ2n) is 4.39. The predicted octanol–water partition coefficient (Wildman–Crippen LogP) is 4.56. The summed E-state index contributed by atoms with van der Waals surface area (Å²) in [6.07, 6.45) is 1.81. The lowest BCUT2D eigenvalue weighted by molar-refractivity contribution is 0.627. The van der Waals surface area contributed by atoms with Gasteiger partial charge in [-0.2, -0.15) is 0 Å². The zero-order chi connectivity index (χ0) is 13.8. The average molecular weight is 284 g/mol. The minimum Gasteiger partial charge on any atom is -0.381 e. The smallest absolute Gasteiger partial charge is 0.123 e. The van der Waals surface area contributed by atoms with Gasteiger partial charge in [-0.05, 0) is 42.0 Å². The van der Waals surface area contributed by atoms with E-state index in [1.54, 1.807) is 29.7 Å². The van der Waals surface area contributed by atoms with E-state index in [9.17, 15) is 4.39 Å². The molecule has 100 valence electrons. The highest BCUT2D eigenvalue weighted by molar-refractivity contribution is 7.13. The van der Waals surface area contributed by atoms with E-state index in [1.807, 2.05) is 29.6 Å². The fraction of sp³-hybridized carbons (Fsp3) is 0.0625. The molecule has 0 aliphatic heterocycles. The largest absolute Gasteiger partial charge is 0.381 e. The van der Waals surface area contributed by atoms with Crippen molar-refractivity contribution in [1.82, 2.24) is 4.98 Å². The van der Waals surface area contributed by atoms with Gasteiger partial charge < -0.3 is 5.32 Å². The lowest BCUT2D eigenvalue weighted by Crippen LogP contribution is -1.99. The van der Waals surface area contributed by atoms with Crippen LogP contribution in [0.1, 0.15) is 5.56 Å². The van der Waals surface area contributed by atoms with Crippen LogP contribution in [-0.2, 0) is 6.54 Å². The molecule has 1 N–H and O–H groups in total. The Kier molecular flexibility index (Phi) is 3.74. The Morgan fingerprint density at radius 3 is 2.40 bits per heavy atom. The zero-order valence-electron chi connectivity index (χ0n) is 10.7. The van der Waals surface area contributed by atoms with Crippen molar-refractivity contribution in [1.29, 1.82) is 0 Å². The standard InChI is InChI=1S/C16H13FN2S/c17-14-5-1-12(2-6-14)11-19-15-7-3-13(4-8-15)16-18-9-10-20-16/h1-10,19H,11H2. The molecule has 2 nitrogen and oxygen atoms in total. The van der Waals surface area contributed by atoms with Gasteiger partial charge in [0.15, 0.2) is 0 Å². The van der Waals surface area contributed by atoms with Crippen molar-refractivity contribution < 1.29 is 4.39 Å². The summed E-state index contributed by atoms with van der Waals surface area (Å²) in [5, 5.41) is 6.30. The number of aromatic nitrogens is 1. The van der Waals surface area contributed by atoms with Crippen molar-refractivity contribution in [2.45, 2.75) is 6.54 Å². The topological polar surface area (TPSA) is 24.9 Å². The molecule has 0 amide bonds. The van der Waals surface area contributed by atoms with Crippen LogP contribution in [0.5, 0.6) is 0 Å². The normalized spacial score (nSPS) is 10.4. The van der Waals surface area contributed by atoms with Gasteiger partial charge in [-0.1, -0.05) is 12.1 Å². The monoisotopic (exact) mass is 284 g/mol. The van der Waals surface area contributed by atoms with Crippen molar-refractivity contribution in [2.24, 2.45) is 0 Å². The summed E-state index contributed by atoms with van der Waals surface area (Å²) in [6, 6.07) is 14.7. The molecule has 0 atom stereocenters. The Bertz CT molecular complexity index is 661. The summed E-state index contributed by atoms with van der Waals surface area (Å²) >= 11 is 1.63. The summed E-state index contributed by atoms with van der Waals surface area (Å²) in [4.78, 5) is 4.28. The maximum Gasteiger partial charge on any atom is 0.123 e. The summed E-state index contributed by atoms with van der Waals surface area (Å²) < 4.78 is 12.8. The van der Waals surface area contributed by atoms with Gasteiger partial charge >= 0.3 is 0 Å². The van der Waals surface area contributed by atoms with Crippen LogP contribution in [0.2, 0.25) is 0 Å². The molecule has 2 aromatic carbocycles. The van der Waals surface area contributed by atoms with Gasteiger partial charge in [0.05, 0.1) is 0 Å². The van der Waals surface area contributed by atoms with Crippen molar-refractivity contribution in [3.05, 3.63) is 71.5 Å². The van der Waals surface area contributed by atoms with E-state index in [0.29, 0.717) is 6.54 Å². The van der Waals surface area contributed by atoms with E-state index in [2.05, 4.69) is 10.3 Å². The Balaban J connectivity index is 1.65. The van der Waals surface area contributed by atoms with Crippen molar-refractivity contribution in [2.75, 3.05) is 5.32 Å². The van der Waals surface area contributed by atoms with Crippen molar-refractivity contribution >= 4 is 17.0 Å². The third-order valence-corrected chi connectivity index (χ3v) is 3.80. The molecule has 20 heavy (non-hydrogen) atoms. The van der Waals surface area contributed by atoms with Crippen LogP contribution in [0.4, 0.5) is 10.1 Å². The van der Waals surface area contributed by atoms with Crippen molar-refractivity contribution in [3.8, 4) is 10.6 Å². The quantitative estimate of drug-likeness (QED) is 0.759. The number of anilines is 1. The number of halogens is 1. The molecule has 1 aromatic heterocycles. The number of hydrogen-bond donors (Lipinski definition) is 1. The number of nitrogens with one attached hydrogen (secondary N) is 1. The molecule has 0 aliphatic carbocycles. The summed E-state index contributed by atoms with van der Waals surface area (Å²) in [7, 11) is 0. The molecule has 0 saturated carbocycles. The molecule has 0 spiro atoms. The molecule has 4 heteroatoms. The highest BCUT2D eigenvalue weighted by Gasteiger charge is 2.00. The van der Waals surface area contributed by atoms with E-state index in [0.717, 1.165) is 21.8 Å². The molecular weight excluding hydrogens is 271 g/mol. The predicted molar refractivity (Wildman–Crippen MR) is 81.3 cm³/mol. The molecule has 0 aliphatic rings. The van der Waals surface area contributed by atoms with Gasteiger partial charge in [0.1, 0.15) is 10.8 Å². The second kappa shape index (κ2) is 5.84. The number of rotatable bonds is 4. The lowest BCUT2D eigenvalue weighted by Gasteiger charge is -2.07. The van der Waals surface area contributed by atoms with Crippen molar-refractivity contribution in [3.63, 3.8) is 0 Å². The van der Waals surface area contributed by atoms with Crippen LogP contribution >= 0.6 is 11.3 Å². The first-order valence-electron chi connectivity index (χ1n) is 6.29. The minimum absolute atomic E-state index is 0.207. The summed E-state index contributed by atoms with van der Waals surface area (Å²) in [5.74, 6) is -0.207. The first-order valence-corrected chi connectivity index (χ1v) is 7.17. The number of hydrogen-bond acceptors (Lipinski definition) is 3. The Morgan fingerprint density at radius 2 is 1.75 bits per heavy atom. The summed E-state index contributed by atoms with van der Waals surface area (Å²) in [6.45, 7) is 0.677. The first-order chi connectivity index (χ1) is 9.81. The molecule has 0 fully saturated rings. The van der Waals surface area contributed by atoms with Crippen LogP contribution < -0.4 is 5.32 Å². The minimum atomic E-state index is -0.207. The van der Waals surface area contributed by atoms with E-state index < -0.39 is 0 Å². The SMILES string of the molecule is Fc1ccc(CNc2ccc(-c3nccs3)cc2)cc1. The molecule has 0 saturated heterocycles. The molecule has 0 bridgehead atoms. The lowest BCUT2D eigenvalue weighted by atomic mass is 10.2. The van der Waals surface area contributed by atoms with Crippen LogP contribution in [0, 0.1) is 5.82 Å². The van der Waals surface area contributed by atoms with Gasteiger partial charge in [-0.15, -0.1) is 11.3 Å². The van der Waals surface area contributed by atoms with E-state index in [-0.39, 0.29) is 5.82 Å². The maximum absolute atomic E-state index is 12.8. The van der Waals surface area contributed by atoms with Crippen LogP contribution in [0.25, 0.3) is 10.6 Å². The number of thiazole rings is 1. The Labute approximate surface area is 120 Å². The fourth-order valence-corrected chi connectivity index (χ4v) is 2.55. The Morgan fingerprint density at radius 1 is 1.00 bits per heavy atom. The van der Waals surface area contributed by atoms with Gasteiger partial charge in [-0.25, -0.2) is 9.37 Å². The van der Waals surface area contributed by atoms with Crippen LogP contribution in [0.3, 0.4) is 0 Å². The van der Waals surface area contributed by atoms with E-state index in [4.69, 9.17) is 0 Å². The van der Waals surface area contributed by atoms with Gasteiger partial charge in [0.25, 0.3) is 0 Å².